The van der Waals surface area contributed by atoms with Crippen LogP contribution in [0.2, 0.25) is 0 Å². The second kappa shape index (κ2) is 9.47. The summed E-state index contributed by atoms with van der Waals surface area (Å²) in [4.78, 5) is 11.8. The van der Waals surface area contributed by atoms with E-state index in [1.54, 1.807) is 14.2 Å². The van der Waals surface area contributed by atoms with Crippen LogP contribution >= 0.6 is 0 Å². The van der Waals surface area contributed by atoms with Crippen molar-refractivity contribution in [3.8, 4) is 0 Å². The molecule has 0 spiro atoms. The molecule has 0 heterocycles. The summed E-state index contributed by atoms with van der Waals surface area (Å²) in [6.45, 7) is 1.67. The molecule has 1 rings (SSSR count). The molecule has 5 nitrogen and oxygen atoms in total. The molecular formula is C15H24N2O3. The van der Waals surface area contributed by atoms with Crippen LogP contribution in [0.4, 0.5) is 0 Å². The van der Waals surface area contributed by atoms with Gasteiger partial charge in [-0.2, -0.15) is 0 Å². The minimum atomic E-state index is -0.479. The molecule has 0 aliphatic rings. The fraction of sp³-hybridized carbons (Fsp3) is 0.533. The molecule has 1 unspecified atom stereocenters. The molecular weight excluding hydrogens is 256 g/mol. The molecule has 1 amide bonds. The largest absolute Gasteiger partial charge is 0.385 e. The van der Waals surface area contributed by atoms with Crippen LogP contribution in [0.15, 0.2) is 24.3 Å². The average molecular weight is 280 g/mol. The maximum atomic E-state index is 11.8. The van der Waals surface area contributed by atoms with Gasteiger partial charge in [0.15, 0.2) is 0 Å². The Morgan fingerprint density at radius 1 is 1.30 bits per heavy atom. The first-order chi connectivity index (χ1) is 9.67. The van der Waals surface area contributed by atoms with Gasteiger partial charge in [-0.1, -0.05) is 24.3 Å². The predicted molar refractivity (Wildman–Crippen MR) is 78.1 cm³/mol. The van der Waals surface area contributed by atoms with Gasteiger partial charge in [0.1, 0.15) is 0 Å². The van der Waals surface area contributed by atoms with Gasteiger partial charge in [0.2, 0.25) is 5.91 Å². The zero-order valence-corrected chi connectivity index (χ0v) is 12.2. The van der Waals surface area contributed by atoms with Gasteiger partial charge in [0.05, 0.1) is 12.6 Å². The molecule has 0 aliphatic carbocycles. The number of nitrogens with two attached hydrogens (primary N) is 1. The highest BCUT2D eigenvalue weighted by Gasteiger charge is 2.12. The van der Waals surface area contributed by atoms with Crippen molar-refractivity contribution in [2.45, 2.75) is 32.0 Å². The van der Waals surface area contributed by atoms with Gasteiger partial charge in [-0.15, -0.1) is 0 Å². The van der Waals surface area contributed by atoms with Gasteiger partial charge in [0.25, 0.3) is 0 Å². The molecule has 5 heteroatoms. The standard InChI is InChI=1S/C15H24N2O3/c1-19-8-4-7-14(16)15(18)17-10-12-5-3-6-13(9-12)11-20-2/h3,5-6,9,14H,4,7-8,10-11,16H2,1-2H3,(H,17,18). The summed E-state index contributed by atoms with van der Waals surface area (Å²) < 4.78 is 10.0. The maximum absolute atomic E-state index is 11.8. The quantitative estimate of drug-likeness (QED) is 0.667. The second-order valence-corrected chi connectivity index (χ2v) is 4.71. The Bertz CT molecular complexity index is 410. The van der Waals surface area contributed by atoms with Crippen molar-refractivity contribution in [2.24, 2.45) is 5.73 Å². The van der Waals surface area contributed by atoms with Gasteiger partial charge in [-0.3, -0.25) is 4.79 Å². The molecule has 0 saturated heterocycles. The van der Waals surface area contributed by atoms with Crippen molar-refractivity contribution in [3.63, 3.8) is 0 Å². The number of rotatable bonds is 9. The number of benzene rings is 1. The number of carbonyl (C=O) groups is 1. The van der Waals surface area contributed by atoms with Crippen LogP contribution in [0, 0.1) is 0 Å². The Hall–Kier alpha value is -1.43. The molecule has 0 aliphatic heterocycles. The van der Waals surface area contributed by atoms with E-state index in [0.717, 1.165) is 17.5 Å². The third-order valence-electron chi connectivity index (χ3n) is 2.97. The Kier molecular flexibility index (Phi) is 7.87. The minimum absolute atomic E-state index is 0.127. The van der Waals surface area contributed by atoms with Crippen molar-refractivity contribution in [2.75, 3.05) is 20.8 Å². The lowest BCUT2D eigenvalue weighted by molar-refractivity contribution is -0.122. The lowest BCUT2D eigenvalue weighted by Gasteiger charge is -2.12. The fourth-order valence-electron chi connectivity index (χ4n) is 1.90. The van der Waals surface area contributed by atoms with Crippen molar-refractivity contribution >= 4 is 5.91 Å². The monoisotopic (exact) mass is 280 g/mol. The highest BCUT2D eigenvalue weighted by atomic mass is 16.5. The number of hydrogen-bond acceptors (Lipinski definition) is 4. The van der Waals surface area contributed by atoms with Gasteiger partial charge in [-0.25, -0.2) is 0 Å². The van der Waals surface area contributed by atoms with E-state index in [-0.39, 0.29) is 5.91 Å². The molecule has 20 heavy (non-hydrogen) atoms. The van der Waals surface area contributed by atoms with E-state index in [0.29, 0.717) is 26.2 Å². The minimum Gasteiger partial charge on any atom is -0.385 e. The SMILES string of the molecule is COCCCC(N)C(=O)NCc1cccc(COC)c1. The second-order valence-electron chi connectivity index (χ2n) is 4.71. The van der Waals surface area contributed by atoms with E-state index in [4.69, 9.17) is 15.2 Å². The first kappa shape index (κ1) is 16.6. The normalized spacial score (nSPS) is 12.2. The fourth-order valence-corrected chi connectivity index (χ4v) is 1.90. The van der Waals surface area contributed by atoms with E-state index in [1.807, 2.05) is 24.3 Å². The summed E-state index contributed by atoms with van der Waals surface area (Å²) in [6.07, 6.45) is 1.41. The third-order valence-corrected chi connectivity index (χ3v) is 2.97. The number of ether oxygens (including phenoxy) is 2. The highest BCUT2D eigenvalue weighted by Crippen LogP contribution is 2.06. The van der Waals surface area contributed by atoms with Crippen molar-refractivity contribution < 1.29 is 14.3 Å². The molecule has 1 atom stereocenters. The van der Waals surface area contributed by atoms with Crippen LogP contribution in [-0.2, 0) is 27.4 Å². The topological polar surface area (TPSA) is 73.6 Å². The van der Waals surface area contributed by atoms with Crippen LogP contribution in [0.1, 0.15) is 24.0 Å². The number of carbonyl (C=O) groups excluding carboxylic acids is 1. The summed E-state index contributed by atoms with van der Waals surface area (Å²) in [5.41, 5.74) is 7.94. The van der Waals surface area contributed by atoms with E-state index in [9.17, 15) is 4.79 Å². The molecule has 0 fully saturated rings. The third kappa shape index (κ3) is 6.14. The highest BCUT2D eigenvalue weighted by molar-refractivity contribution is 5.81. The number of nitrogens with one attached hydrogen (secondary N) is 1. The molecule has 0 saturated carbocycles. The number of hydrogen-bond donors (Lipinski definition) is 2. The zero-order valence-electron chi connectivity index (χ0n) is 12.2. The van der Waals surface area contributed by atoms with Crippen LogP contribution in [0.5, 0.6) is 0 Å². The van der Waals surface area contributed by atoms with Gasteiger partial charge < -0.3 is 20.5 Å². The van der Waals surface area contributed by atoms with Crippen LogP contribution < -0.4 is 11.1 Å². The van der Waals surface area contributed by atoms with Gasteiger partial charge in [0, 0.05) is 27.4 Å². The Balaban J connectivity index is 2.38. The van der Waals surface area contributed by atoms with E-state index in [2.05, 4.69) is 5.32 Å². The average Bonchev–Trinajstić information content (AvgIpc) is 2.45. The van der Waals surface area contributed by atoms with Crippen LogP contribution in [0.25, 0.3) is 0 Å². The molecule has 3 N–H and O–H groups in total. The first-order valence-electron chi connectivity index (χ1n) is 6.76. The van der Waals surface area contributed by atoms with E-state index >= 15 is 0 Å². The lowest BCUT2D eigenvalue weighted by Crippen LogP contribution is -2.40. The van der Waals surface area contributed by atoms with Gasteiger partial charge >= 0.3 is 0 Å². The molecule has 0 bridgehead atoms. The predicted octanol–water partition coefficient (Wildman–Crippen LogP) is 1.20. The summed E-state index contributed by atoms with van der Waals surface area (Å²) in [6, 6.07) is 7.45. The molecule has 0 radical (unpaired) electrons. The van der Waals surface area contributed by atoms with Crippen LogP contribution in [0.3, 0.4) is 0 Å². The molecule has 1 aromatic carbocycles. The Morgan fingerprint density at radius 2 is 2.05 bits per heavy atom. The maximum Gasteiger partial charge on any atom is 0.237 e. The van der Waals surface area contributed by atoms with Gasteiger partial charge in [-0.05, 0) is 24.0 Å². The lowest BCUT2D eigenvalue weighted by atomic mass is 10.1. The van der Waals surface area contributed by atoms with Crippen LogP contribution in [-0.4, -0.2) is 32.8 Å². The smallest absolute Gasteiger partial charge is 0.237 e. The first-order valence-corrected chi connectivity index (χ1v) is 6.76. The van der Waals surface area contributed by atoms with E-state index < -0.39 is 6.04 Å². The Labute approximate surface area is 120 Å². The summed E-state index contributed by atoms with van der Waals surface area (Å²) in [5.74, 6) is -0.127. The Morgan fingerprint density at radius 3 is 2.75 bits per heavy atom. The summed E-state index contributed by atoms with van der Waals surface area (Å²) >= 11 is 0. The zero-order chi connectivity index (χ0) is 14.8. The summed E-state index contributed by atoms with van der Waals surface area (Å²) in [7, 11) is 3.30. The molecule has 0 aromatic heterocycles. The molecule has 112 valence electrons. The van der Waals surface area contributed by atoms with Crippen molar-refractivity contribution in [1.82, 2.24) is 5.32 Å². The number of methoxy groups -OCH3 is 2. The van der Waals surface area contributed by atoms with Crippen molar-refractivity contribution in [3.05, 3.63) is 35.4 Å². The molecule has 1 aromatic rings. The van der Waals surface area contributed by atoms with E-state index in [1.165, 1.54) is 0 Å². The summed E-state index contributed by atoms with van der Waals surface area (Å²) in [5, 5.41) is 2.85. The van der Waals surface area contributed by atoms with Crippen molar-refractivity contribution in [1.29, 1.82) is 0 Å². The number of amides is 1.